The number of pyridine rings is 1. The van der Waals surface area contributed by atoms with Crippen molar-refractivity contribution in [1.29, 1.82) is 0 Å². The van der Waals surface area contributed by atoms with Gasteiger partial charge in [-0.25, -0.2) is 4.98 Å². The number of carbonyl (C=O) groups is 1. The van der Waals surface area contributed by atoms with Gasteiger partial charge in [-0.3, -0.25) is 9.69 Å². The number of nitrogens with zero attached hydrogens (tertiary/aromatic N) is 2. The standard InChI is InChI=1S/C27H29N3O5/c1-14-3-2-9-28-24(14)29-25(33)17-12-27(34)19-11-16-6-7-18(31)22-20(16)26(27,23(35-22)21(17)32)8-10-30(19)13-15-4-5-15/h2-3,6-7,9,15,19,23,31-32,34H,4-5,8,10-13H2,1H3,(H,28,29,33)/t19-,23+,26+,27-/m1/s1. The van der Waals surface area contributed by atoms with Crippen LogP contribution in [0.2, 0.25) is 0 Å². The number of aliphatic hydroxyl groups excluding tert-OH is 1. The lowest BCUT2D eigenvalue weighted by molar-refractivity contribution is -0.172. The molecule has 0 radical (unpaired) electrons. The predicted octanol–water partition coefficient (Wildman–Crippen LogP) is 2.72. The summed E-state index contributed by atoms with van der Waals surface area (Å²) in [5, 5.41) is 37.6. The zero-order valence-corrected chi connectivity index (χ0v) is 19.6. The van der Waals surface area contributed by atoms with Crippen LogP contribution < -0.4 is 10.1 Å². The Hall–Kier alpha value is -3.10. The van der Waals surface area contributed by atoms with E-state index in [1.165, 1.54) is 12.8 Å². The van der Waals surface area contributed by atoms with E-state index in [0.29, 0.717) is 30.3 Å². The fourth-order valence-corrected chi connectivity index (χ4v) is 7.17. The van der Waals surface area contributed by atoms with Crippen molar-refractivity contribution in [3.63, 3.8) is 0 Å². The lowest BCUT2D eigenvalue weighted by atomic mass is 9.49. The number of aryl methyl sites for hydroxylation is 1. The number of carbonyl (C=O) groups excluding carboxylic acids is 1. The predicted molar refractivity (Wildman–Crippen MR) is 127 cm³/mol. The van der Waals surface area contributed by atoms with Crippen LogP contribution >= 0.6 is 0 Å². The van der Waals surface area contributed by atoms with Gasteiger partial charge in [0, 0.05) is 30.8 Å². The van der Waals surface area contributed by atoms with Crippen LogP contribution in [-0.4, -0.2) is 61.9 Å². The topological polar surface area (TPSA) is 115 Å². The minimum Gasteiger partial charge on any atom is -0.508 e. The first-order chi connectivity index (χ1) is 16.8. The van der Waals surface area contributed by atoms with Crippen molar-refractivity contribution in [1.82, 2.24) is 9.88 Å². The molecule has 4 atom stereocenters. The Bertz CT molecular complexity index is 1300. The maximum absolute atomic E-state index is 13.5. The molecule has 1 spiro atoms. The van der Waals surface area contributed by atoms with E-state index in [1.54, 1.807) is 18.3 Å². The number of hydrogen-bond acceptors (Lipinski definition) is 7. The van der Waals surface area contributed by atoms with Gasteiger partial charge in [-0.2, -0.15) is 0 Å². The number of amides is 1. The van der Waals surface area contributed by atoms with Crippen LogP contribution in [0.25, 0.3) is 0 Å². The number of phenols is 1. The van der Waals surface area contributed by atoms with Gasteiger partial charge in [-0.05, 0) is 68.3 Å². The quantitative estimate of drug-likeness (QED) is 0.538. The monoisotopic (exact) mass is 475 g/mol. The third kappa shape index (κ3) is 2.69. The Kier molecular flexibility index (Phi) is 4.23. The summed E-state index contributed by atoms with van der Waals surface area (Å²) in [6, 6.07) is 6.98. The maximum atomic E-state index is 13.5. The zero-order valence-electron chi connectivity index (χ0n) is 19.6. The highest BCUT2D eigenvalue weighted by Gasteiger charge is 2.73. The molecule has 7 rings (SSSR count). The largest absolute Gasteiger partial charge is 0.508 e. The van der Waals surface area contributed by atoms with E-state index in [9.17, 15) is 20.1 Å². The number of hydrogen-bond donors (Lipinski definition) is 4. The molecule has 5 aliphatic rings. The summed E-state index contributed by atoms with van der Waals surface area (Å²) >= 11 is 0. The van der Waals surface area contributed by atoms with Gasteiger partial charge >= 0.3 is 0 Å². The highest BCUT2D eigenvalue weighted by Crippen LogP contribution is 2.66. The molecule has 4 N–H and O–H groups in total. The third-order valence-electron chi connectivity index (χ3n) is 9.03. The number of benzene rings is 1. The number of anilines is 1. The van der Waals surface area contributed by atoms with Crippen LogP contribution in [-0.2, 0) is 16.6 Å². The van der Waals surface area contributed by atoms with Gasteiger partial charge in [-0.15, -0.1) is 0 Å². The molecular weight excluding hydrogens is 446 g/mol. The van der Waals surface area contributed by atoms with Crippen LogP contribution in [0.4, 0.5) is 5.82 Å². The molecule has 1 aromatic heterocycles. The second-order valence-electron chi connectivity index (χ2n) is 10.9. The Morgan fingerprint density at radius 2 is 2.11 bits per heavy atom. The number of ether oxygens (including phenoxy) is 1. The first kappa shape index (κ1) is 21.2. The molecule has 0 unspecified atom stereocenters. The van der Waals surface area contributed by atoms with E-state index in [0.717, 1.165) is 29.8 Å². The summed E-state index contributed by atoms with van der Waals surface area (Å²) in [5.74, 6) is 0.736. The Labute approximate surface area is 203 Å². The van der Waals surface area contributed by atoms with Crippen LogP contribution in [0.3, 0.4) is 0 Å². The van der Waals surface area contributed by atoms with E-state index < -0.39 is 23.0 Å². The number of likely N-dealkylation sites (tertiary alicyclic amines) is 1. The minimum absolute atomic E-state index is 0.00310. The lowest BCUT2D eigenvalue weighted by Gasteiger charge is -2.62. The molecule has 3 heterocycles. The molecule has 2 fully saturated rings. The molecule has 35 heavy (non-hydrogen) atoms. The molecule has 1 amide bonds. The summed E-state index contributed by atoms with van der Waals surface area (Å²) in [4.78, 5) is 20.1. The smallest absolute Gasteiger partial charge is 0.256 e. The molecule has 182 valence electrons. The normalized spacial score (nSPS) is 32.7. The van der Waals surface area contributed by atoms with Crippen molar-refractivity contribution in [3.8, 4) is 11.5 Å². The van der Waals surface area contributed by atoms with Crippen molar-refractivity contribution in [2.75, 3.05) is 18.4 Å². The Balaban J connectivity index is 1.37. The van der Waals surface area contributed by atoms with E-state index in [1.807, 2.05) is 19.1 Å². The number of aromatic nitrogens is 1. The summed E-state index contributed by atoms with van der Waals surface area (Å²) in [6.07, 6.45) is 4.30. The number of rotatable bonds is 4. The average molecular weight is 476 g/mol. The van der Waals surface area contributed by atoms with E-state index in [4.69, 9.17) is 4.74 Å². The van der Waals surface area contributed by atoms with Crippen molar-refractivity contribution in [2.45, 2.75) is 62.2 Å². The lowest BCUT2D eigenvalue weighted by Crippen LogP contribution is -2.75. The number of phenolic OH excluding ortho intramolecular Hbond substituents is 1. The van der Waals surface area contributed by atoms with Crippen LogP contribution in [0.15, 0.2) is 41.8 Å². The van der Waals surface area contributed by atoms with Gasteiger partial charge in [0.15, 0.2) is 17.6 Å². The fraction of sp³-hybridized carbons (Fsp3) is 0.481. The molecule has 1 saturated heterocycles. The molecule has 8 nitrogen and oxygen atoms in total. The SMILES string of the molecule is Cc1cccnc1NC(=O)C1=C(O)[C@@H]2Oc3c(O)ccc4c3[C@@]23CCN(CC2CC2)[C@H](C4)[C@]3(O)C1. The summed E-state index contributed by atoms with van der Waals surface area (Å²) in [6.45, 7) is 3.56. The van der Waals surface area contributed by atoms with Crippen molar-refractivity contribution in [2.24, 2.45) is 5.92 Å². The average Bonchev–Trinajstić information content (AvgIpc) is 3.57. The molecule has 2 bridgehead atoms. The first-order valence-corrected chi connectivity index (χ1v) is 12.5. The molecule has 2 aromatic rings. The second-order valence-corrected chi connectivity index (χ2v) is 10.9. The zero-order chi connectivity index (χ0) is 24.1. The maximum Gasteiger partial charge on any atom is 0.256 e. The van der Waals surface area contributed by atoms with E-state index in [2.05, 4.69) is 15.2 Å². The summed E-state index contributed by atoms with van der Waals surface area (Å²) in [7, 11) is 0. The van der Waals surface area contributed by atoms with Crippen molar-refractivity contribution >= 4 is 11.7 Å². The second kappa shape index (κ2) is 6.98. The fourth-order valence-electron chi connectivity index (χ4n) is 7.17. The Morgan fingerprint density at radius 3 is 2.89 bits per heavy atom. The number of aromatic hydroxyl groups is 1. The van der Waals surface area contributed by atoms with Gasteiger partial charge in [-0.1, -0.05) is 12.1 Å². The van der Waals surface area contributed by atoms with Gasteiger partial charge < -0.3 is 25.4 Å². The minimum atomic E-state index is -1.32. The molecule has 2 aliphatic heterocycles. The van der Waals surface area contributed by atoms with Crippen LogP contribution in [0.1, 0.15) is 42.4 Å². The van der Waals surface area contributed by atoms with E-state index >= 15 is 0 Å². The molecule has 8 heteroatoms. The van der Waals surface area contributed by atoms with E-state index in [-0.39, 0.29) is 29.5 Å². The van der Waals surface area contributed by atoms with Crippen molar-refractivity contribution < 1.29 is 24.9 Å². The highest BCUT2D eigenvalue weighted by molar-refractivity contribution is 6.04. The van der Waals surface area contributed by atoms with Gasteiger partial charge in [0.2, 0.25) is 0 Å². The van der Waals surface area contributed by atoms with Crippen molar-refractivity contribution in [3.05, 3.63) is 58.5 Å². The summed E-state index contributed by atoms with van der Waals surface area (Å²) in [5.41, 5.74) is 0.533. The van der Waals surface area contributed by atoms with Gasteiger partial charge in [0.05, 0.1) is 16.6 Å². The highest BCUT2D eigenvalue weighted by atomic mass is 16.5. The Morgan fingerprint density at radius 1 is 1.29 bits per heavy atom. The first-order valence-electron chi connectivity index (χ1n) is 12.5. The summed E-state index contributed by atoms with van der Waals surface area (Å²) < 4.78 is 6.24. The molecule has 1 saturated carbocycles. The molecular formula is C27H29N3O5. The number of aliphatic hydroxyl groups is 2. The van der Waals surface area contributed by atoms with Crippen LogP contribution in [0, 0.1) is 12.8 Å². The number of nitrogens with one attached hydrogen (secondary N) is 1. The van der Waals surface area contributed by atoms with Gasteiger partial charge in [0.1, 0.15) is 11.6 Å². The van der Waals surface area contributed by atoms with Gasteiger partial charge in [0.25, 0.3) is 5.91 Å². The molecule has 1 aromatic carbocycles. The number of piperidine rings is 1. The van der Waals surface area contributed by atoms with Crippen LogP contribution in [0.5, 0.6) is 11.5 Å². The molecule has 3 aliphatic carbocycles. The third-order valence-corrected chi connectivity index (χ3v) is 9.03.